The van der Waals surface area contributed by atoms with Crippen molar-refractivity contribution in [2.24, 2.45) is 0 Å². The van der Waals surface area contributed by atoms with E-state index in [1.165, 1.54) is 0 Å². The molecule has 2 unspecified atom stereocenters. The molecule has 84 valence electrons. The number of hydrogen-bond acceptors (Lipinski definition) is 7. The Labute approximate surface area is 110 Å². The molecule has 0 bridgehead atoms. The molecule has 0 aromatic rings. The van der Waals surface area contributed by atoms with E-state index < -0.39 is 28.7 Å². The fourth-order valence-electron chi connectivity index (χ4n) is 1.21. The van der Waals surface area contributed by atoms with E-state index in [1.807, 2.05) is 0 Å². The van der Waals surface area contributed by atoms with Crippen molar-refractivity contribution < 1.29 is 61.7 Å². The summed E-state index contributed by atoms with van der Waals surface area (Å²) in [5, 5.41) is 17.9. The molecular formula is C6H11NaO7S. The summed E-state index contributed by atoms with van der Waals surface area (Å²) in [6.45, 7) is -0.475. The molecule has 1 saturated heterocycles. The number of ether oxygens (including phenoxy) is 1. The number of aliphatic hydroxyl groups excluding tert-OH is 2. The number of rotatable bonds is 3. The molecule has 0 saturated carbocycles. The van der Waals surface area contributed by atoms with Crippen LogP contribution in [0.15, 0.2) is 0 Å². The van der Waals surface area contributed by atoms with Crippen molar-refractivity contribution in [1.82, 2.24) is 0 Å². The molecule has 3 atom stereocenters. The molecule has 2 N–H and O–H groups in total. The second-order valence-electron chi connectivity index (χ2n) is 2.98. The summed E-state index contributed by atoms with van der Waals surface area (Å²) in [6.07, 6.45) is -2.94. The second-order valence-corrected chi connectivity index (χ2v) is 3.99. The zero-order valence-electron chi connectivity index (χ0n) is 8.20. The van der Waals surface area contributed by atoms with Gasteiger partial charge in [0.25, 0.3) is 0 Å². The zero-order valence-corrected chi connectivity index (χ0v) is 11.0. The summed E-state index contributed by atoms with van der Waals surface area (Å²) in [5.74, 6) is 0. The molecule has 1 aliphatic rings. The predicted octanol–water partition coefficient (Wildman–Crippen LogP) is -5.02. The fraction of sp³-hybridized carbons (Fsp3) is 1.00. The minimum absolute atomic E-state index is 0. The van der Waals surface area contributed by atoms with E-state index >= 15 is 0 Å². The van der Waals surface area contributed by atoms with Gasteiger partial charge in [-0.2, -0.15) is 0 Å². The first-order valence-electron chi connectivity index (χ1n) is 3.97. The molecule has 1 heterocycles. The van der Waals surface area contributed by atoms with E-state index in [0.717, 1.165) is 0 Å². The van der Waals surface area contributed by atoms with E-state index in [4.69, 9.17) is 9.84 Å². The van der Waals surface area contributed by atoms with Crippen LogP contribution in [0, 0.1) is 0 Å². The van der Waals surface area contributed by atoms with Crippen LogP contribution in [0.5, 0.6) is 0 Å². The van der Waals surface area contributed by atoms with Gasteiger partial charge < -0.3 is 19.5 Å². The molecule has 1 aliphatic heterocycles. The molecule has 0 aromatic heterocycles. The van der Waals surface area contributed by atoms with E-state index in [0.29, 0.717) is 0 Å². The van der Waals surface area contributed by atoms with Gasteiger partial charge in [-0.3, -0.25) is 4.18 Å². The Hall–Kier alpha value is 0.750. The monoisotopic (exact) mass is 250 g/mol. The van der Waals surface area contributed by atoms with Gasteiger partial charge in [0.2, 0.25) is 10.4 Å². The first kappa shape index (κ1) is 15.8. The summed E-state index contributed by atoms with van der Waals surface area (Å²) < 4.78 is 39.7. The summed E-state index contributed by atoms with van der Waals surface area (Å²) in [4.78, 5) is 0. The SMILES string of the molecule is O=S(=O)([O-])OC1C[C@H](CO)OCC1O.[Na+]. The second kappa shape index (κ2) is 6.48. The molecule has 0 aromatic carbocycles. The van der Waals surface area contributed by atoms with Crippen LogP contribution >= 0.6 is 0 Å². The molecular weight excluding hydrogens is 239 g/mol. The van der Waals surface area contributed by atoms with Gasteiger partial charge in [-0.25, -0.2) is 8.42 Å². The molecule has 0 radical (unpaired) electrons. The van der Waals surface area contributed by atoms with Gasteiger partial charge >= 0.3 is 29.6 Å². The zero-order chi connectivity index (χ0) is 10.8. The van der Waals surface area contributed by atoms with Crippen molar-refractivity contribution in [1.29, 1.82) is 0 Å². The van der Waals surface area contributed by atoms with Crippen LogP contribution < -0.4 is 29.6 Å². The van der Waals surface area contributed by atoms with Crippen molar-refractivity contribution in [3.63, 3.8) is 0 Å². The van der Waals surface area contributed by atoms with Crippen LogP contribution in [0.2, 0.25) is 0 Å². The number of hydrogen-bond donors (Lipinski definition) is 2. The minimum Gasteiger partial charge on any atom is -0.726 e. The standard InChI is InChI=1S/C6H12O7S.Na/c7-2-4-1-6(5(8)3-12-4)13-14(9,10)11;/h4-8H,1-3H2,(H,9,10,11);/q;+1/p-1/t4-,5?,6?;/m1./s1. The normalized spacial score (nSPS) is 32.1. The van der Waals surface area contributed by atoms with Crippen LogP contribution in [0.1, 0.15) is 6.42 Å². The fourth-order valence-corrected chi connectivity index (χ4v) is 1.72. The topological polar surface area (TPSA) is 116 Å². The van der Waals surface area contributed by atoms with Crippen LogP contribution in [-0.4, -0.2) is 54.7 Å². The van der Waals surface area contributed by atoms with Crippen LogP contribution in [0.4, 0.5) is 0 Å². The maximum absolute atomic E-state index is 10.2. The van der Waals surface area contributed by atoms with Gasteiger partial charge in [0.1, 0.15) is 12.2 Å². The van der Waals surface area contributed by atoms with Crippen molar-refractivity contribution >= 4 is 10.4 Å². The molecule has 0 aliphatic carbocycles. The quantitative estimate of drug-likeness (QED) is 0.292. The van der Waals surface area contributed by atoms with E-state index in [1.54, 1.807) is 0 Å². The average molecular weight is 250 g/mol. The Morgan fingerprint density at radius 1 is 1.53 bits per heavy atom. The molecule has 9 heteroatoms. The van der Waals surface area contributed by atoms with E-state index in [-0.39, 0.29) is 49.2 Å². The Morgan fingerprint density at radius 2 is 2.13 bits per heavy atom. The molecule has 7 nitrogen and oxygen atoms in total. The Morgan fingerprint density at radius 3 is 2.60 bits per heavy atom. The summed E-state index contributed by atoms with van der Waals surface area (Å²) >= 11 is 0. The van der Waals surface area contributed by atoms with Crippen LogP contribution in [0.3, 0.4) is 0 Å². The molecule has 1 fully saturated rings. The Kier molecular flexibility index (Phi) is 6.80. The van der Waals surface area contributed by atoms with Gasteiger partial charge in [0, 0.05) is 6.42 Å². The minimum atomic E-state index is -4.84. The van der Waals surface area contributed by atoms with Gasteiger partial charge in [0.05, 0.1) is 19.3 Å². The summed E-state index contributed by atoms with van der Waals surface area (Å²) in [6, 6.07) is 0. The van der Waals surface area contributed by atoms with Crippen molar-refractivity contribution in [3.8, 4) is 0 Å². The summed E-state index contributed by atoms with van der Waals surface area (Å²) in [5.41, 5.74) is 0. The predicted molar refractivity (Wildman–Crippen MR) is 42.0 cm³/mol. The third-order valence-corrected chi connectivity index (χ3v) is 2.36. The van der Waals surface area contributed by atoms with E-state index in [2.05, 4.69) is 4.18 Å². The molecule has 15 heavy (non-hydrogen) atoms. The Bertz CT molecular complexity index is 279. The van der Waals surface area contributed by atoms with Gasteiger partial charge in [-0.15, -0.1) is 0 Å². The smallest absolute Gasteiger partial charge is 0.726 e. The van der Waals surface area contributed by atoms with Crippen LogP contribution in [0.25, 0.3) is 0 Å². The molecule has 0 amide bonds. The third-order valence-electron chi connectivity index (χ3n) is 1.87. The number of aliphatic hydroxyl groups is 2. The van der Waals surface area contributed by atoms with Crippen molar-refractivity contribution in [2.45, 2.75) is 24.7 Å². The van der Waals surface area contributed by atoms with E-state index in [9.17, 15) is 18.1 Å². The largest absolute Gasteiger partial charge is 1.00 e. The van der Waals surface area contributed by atoms with Gasteiger partial charge in [-0.1, -0.05) is 0 Å². The summed E-state index contributed by atoms with van der Waals surface area (Å²) in [7, 11) is -4.84. The average Bonchev–Trinajstić information content (AvgIpc) is 2.06. The maximum atomic E-state index is 10.2. The van der Waals surface area contributed by atoms with Crippen molar-refractivity contribution in [3.05, 3.63) is 0 Å². The van der Waals surface area contributed by atoms with Gasteiger partial charge in [0.15, 0.2) is 0 Å². The van der Waals surface area contributed by atoms with Gasteiger partial charge in [-0.05, 0) is 0 Å². The maximum Gasteiger partial charge on any atom is 1.00 e. The first-order valence-corrected chi connectivity index (χ1v) is 5.30. The van der Waals surface area contributed by atoms with Crippen molar-refractivity contribution in [2.75, 3.05) is 13.2 Å². The Balaban J connectivity index is 0.00000196. The molecule has 1 rings (SSSR count). The molecule has 0 spiro atoms. The van der Waals surface area contributed by atoms with Crippen LogP contribution in [-0.2, 0) is 19.3 Å². The first-order chi connectivity index (χ1) is 6.42. The third kappa shape index (κ3) is 5.57.